The summed E-state index contributed by atoms with van der Waals surface area (Å²) in [5.74, 6) is 0.312. The van der Waals surface area contributed by atoms with Gasteiger partial charge in [0.25, 0.3) is 0 Å². The van der Waals surface area contributed by atoms with Gasteiger partial charge in [0.2, 0.25) is 10.0 Å². The van der Waals surface area contributed by atoms with Crippen LogP contribution in [0.3, 0.4) is 0 Å². The number of hydrogen-bond acceptors (Lipinski definition) is 3. The van der Waals surface area contributed by atoms with Gasteiger partial charge in [0.05, 0.1) is 5.75 Å². The molecule has 114 valence electrons. The second-order valence-electron chi connectivity index (χ2n) is 5.83. The molecule has 0 aromatic rings. The molecule has 0 spiro atoms. The molecule has 1 aliphatic rings. The molecule has 0 amide bonds. The quantitative estimate of drug-likeness (QED) is 0.594. The summed E-state index contributed by atoms with van der Waals surface area (Å²) >= 11 is 0. The number of nitrogens with one attached hydrogen (secondary N) is 1. The standard InChI is InChI=1S/C14H30N2O2S/c1-4-5-11-16(14-8-9-14)19(17,18)12-7-6-10-15-13(2)3/h13-15H,4-12H2,1-3H3. The molecule has 0 aliphatic heterocycles. The van der Waals surface area contributed by atoms with E-state index in [2.05, 4.69) is 26.1 Å². The Labute approximate surface area is 119 Å². The lowest BCUT2D eigenvalue weighted by atomic mass is 10.3. The highest BCUT2D eigenvalue weighted by atomic mass is 32.2. The van der Waals surface area contributed by atoms with Crippen LogP contribution in [0.25, 0.3) is 0 Å². The van der Waals surface area contributed by atoms with Crippen LogP contribution in [0.4, 0.5) is 0 Å². The third kappa shape index (κ3) is 6.72. The van der Waals surface area contributed by atoms with Crippen LogP contribution < -0.4 is 5.32 Å². The minimum absolute atomic E-state index is 0.310. The molecule has 0 aromatic carbocycles. The lowest BCUT2D eigenvalue weighted by Gasteiger charge is -2.21. The first kappa shape index (κ1) is 16.9. The Morgan fingerprint density at radius 3 is 2.42 bits per heavy atom. The van der Waals surface area contributed by atoms with Gasteiger partial charge in [0.15, 0.2) is 0 Å². The summed E-state index contributed by atoms with van der Waals surface area (Å²) in [5.41, 5.74) is 0. The lowest BCUT2D eigenvalue weighted by molar-refractivity contribution is 0.394. The summed E-state index contributed by atoms with van der Waals surface area (Å²) in [6.45, 7) is 7.95. The second kappa shape index (κ2) is 8.22. The van der Waals surface area contributed by atoms with Gasteiger partial charge in [0, 0.05) is 18.6 Å². The molecule has 0 bridgehead atoms. The molecule has 19 heavy (non-hydrogen) atoms. The number of hydrogen-bond donors (Lipinski definition) is 1. The van der Waals surface area contributed by atoms with E-state index >= 15 is 0 Å². The van der Waals surface area contributed by atoms with E-state index in [9.17, 15) is 8.42 Å². The average molecular weight is 290 g/mol. The minimum atomic E-state index is -3.03. The maximum Gasteiger partial charge on any atom is 0.214 e. The largest absolute Gasteiger partial charge is 0.315 e. The monoisotopic (exact) mass is 290 g/mol. The van der Waals surface area contributed by atoms with Crippen molar-refractivity contribution in [3.05, 3.63) is 0 Å². The summed E-state index contributed by atoms with van der Waals surface area (Å²) in [5, 5.41) is 3.32. The normalized spacial score (nSPS) is 16.5. The topological polar surface area (TPSA) is 49.4 Å². The maximum atomic E-state index is 12.3. The zero-order valence-corrected chi connectivity index (χ0v) is 13.5. The highest BCUT2D eigenvalue weighted by Crippen LogP contribution is 2.30. The predicted molar refractivity (Wildman–Crippen MR) is 80.8 cm³/mol. The van der Waals surface area contributed by atoms with Crippen molar-refractivity contribution >= 4 is 10.0 Å². The number of sulfonamides is 1. The molecule has 0 radical (unpaired) electrons. The van der Waals surface area contributed by atoms with Gasteiger partial charge < -0.3 is 5.32 Å². The third-order valence-corrected chi connectivity index (χ3v) is 5.43. The van der Waals surface area contributed by atoms with Crippen molar-refractivity contribution in [2.75, 3.05) is 18.8 Å². The van der Waals surface area contributed by atoms with Crippen LogP contribution in [-0.2, 0) is 10.0 Å². The predicted octanol–water partition coefficient (Wildman–Crippen LogP) is 2.36. The van der Waals surface area contributed by atoms with Crippen molar-refractivity contribution in [1.29, 1.82) is 0 Å². The van der Waals surface area contributed by atoms with E-state index in [1.54, 1.807) is 4.31 Å². The molecule has 1 fully saturated rings. The molecule has 1 rings (SSSR count). The van der Waals surface area contributed by atoms with Crippen molar-refractivity contribution in [1.82, 2.24) is 9.62 Å². The molecule has 1 N–H and O–H groups in total. The average Bonchev–Trinajstić information content (AvgIpc) is 3.12. The van der Waals surface area contributed by atoms with Crippen LogP contribution in [0, 0.1) is 0 Å². The van der Waals surface area contributed by atoms with Gasteiger partial charge in [-0.15, -0.1) is 0 Å². The van der Waals surface area contributed by atoms with Crippen molar-refractivity contribution < 1.29 is 8.42 Å². The van der Waals surface area contributed by atoms with Crippen LogP contribution >= 0.6 is 0 Å². The second-order valence-corrected chi connectivity index (χ2v) is 7.87. The highest BCUT2D eigenvalue weighted by Gasteiger charge is 2.36. The summed E-state index contributed by atoms with van der Waals surface area (Å²) in [7, 11) is -3.03. The first-order valence-electron chi connectivity index (χ1n) is 7.70. The van der Waals surface area contributed by atoms with Gasteiger partial charge in [-0.2, -0.15) is 4.31 Å². The van der Waals surface area contributed by atoms with E-state index < -0.39 is 10.0 Å². The van der Waals surface area contributed by atoms with Crippen LogP contribution in [0.1, 0.15) is 59.3 Å². The molecule has 0 atom stereocenters. The Hall–Kier alpha value is -0.130. The highest BCUT2D eigenvalue weighted by molar-refractivity contribution is 7.89. The zero-order valence-electron chi connectivity index (χ0n) is 12.7. The summed E-state index contributed by atoms with van der Waals surface area (Å²) < 4.78 is 26.4. The van der Waals surface area contributed by atoms with E-state index in [-0.39, 0.29) is 0 Å². The minimum Gasteiger partial charge on any atom is -0.315 e. The van der Waals surface area contributed by atoms with Crippen LogP contribution in [0.15, 0.2) is 0 Å². The summed E-state index contributed by atoms with van der Waals surface area (Å²) in [6, 6.07) is 0.787. The van der Waals surface area contributed by atoms with E-state index in [0.717, 1.165) is 45.1 Å². The number of unbranched alkanes of at least 4 members (excludes halogenated alkanes) is 2. The van der Waals surface area contributed by atoms with Crippen LogP contribution in [0.5, 0.6) is 0 Å². The Balaban J connectivity index is 2.31. The molecular formula is C14H30N2O2S. The summed E-state index contributed by atoms with van der Waals surface area (Å²) in [6.07, 6.45) is 5.83. The van der Waals surface area contributed by atoms with Gasteiger partial charge in [-0.25, -0.2) is 8.42 Å². The molecule has 0 aromatic heterocycles. The van der Waals surface area contributed by atoms with Gasteiger partial charge in [-0.3, -0.25) is 0 Å². The maximum absolute atomic E-state index is 12.3. The molecule has 0 heterocycles. The molecule has 5 heteroatoms. The first-order chi connectivity index (χ1) is 8.97. The van der Waals surface area contributed by atoms with Gasteiger partial charge in [0.1, 0.15) is 0 Å². The fourth-order valence-electron chi connectivity index (χ4n) is 2.14. The van der Waals surface area contributed by atoms with Crippen molar-refractivity contribution in [2.24, 2.45) is 0 Å². The Bertz CT molecular complexity index is 337. The number of nitrogens with zero attached hydrogens (tertiary/aromatic N) is 1. The molecule has 0 unspecified atom stereocenters. The summed E-state index contributed by atoms with van der Waals surface area (Å²) in [4.78, 5) is 0. The van der Waals surface area contributed by atoms with E-state index in [1.807, 2.05) is 0 Å². The van der Waals surface area contributed by atoms with Gasteiger partial charge in [-0.1, -0.05) is 27.2 Å². The number of rotatable bonds is 11. The Kier molecular flexibility index (Phi) is 7.32. The van der Waals surface area contributed by atoms with Gasteiger partial charge in [-0.05, 0) is 38.6 Å². The Morgan fingerprint density at radius 2 is 1.89 bits per heavy atom. The van der Waals surface area contributed by atoms with Crippen LogP contribution in [-0.4, -0.2) is 43.6 Å². The van der Waals surface area contributed by atoms with Gasteiger partial charge >= 0.3 is 0 Å². The third-order valence-electron chi connectivity index (χ3n) is 3.43. The van der Waals surface area contributed by atoms with Crippen molar-refractivity contribution in [3.8, 4) is 0 Å². The lowest BCUT2D eigenvalue weighted by Crippen LogP contribution is -2.36. The van der Waals surface area contributed by atoms with Crippen LogP contribution in [0.2, 0.25) is 0 Å². The molecule has 1 saturated carbocycles. The van der Waals surface area contributed by atoms with Crippen molar-refractivity contribution in [2.45, 2.75) is 71.4 Å². The molecular weight excluding hydrogens is 260 g/mol. The first-order valence-corrected chi connectivity index (χ1v) is 9.31. The molecule has 0 saturated heterocycles. The molecule has 1 aliphatic carbocycles. The molecule has 4 nitrogen and oxygen atoms in total. The Morgan fingerprint density at radius 1 is 1.21 bits per heavy atom. The van der Waals surface area contributed by atoms with E-state index in [4.69, 9.17) is 0 Å². The fraction of sp³-hybridized carbons (Fsp3) is 1.00. The van der Waals surface area contributed by atoms with Crippen molar-refractivity contribution in [3.63, 3.8) is 0 Å². The fourth-order valence-corrected chi connectivity index (χ4v) is 4.02. The van der Waals surface area contributed by atoms with E-state index in [0.29, 0.717) is 24.4 Å². The smallest absolute Gasteiger partial charge is 0.214 e. The van der Waals surface area contributed by atoms with E-state index in [1.165, 1.54) is 0 Å². The SMILES string of the molecule is CCCCN(C1CC1)S(=O)(=O)CCCCNC(C)C. The zero-order chi connectivity index (χ0) is 14.3.